The Bertz CT molecular complexity index is 1350. The minimum absolute atomic E-state index is 0.0165. The molecule has 2 fully saturated rings. The van der Waals surface area contributed by atoms with Crippen LogP contribution in [0.2, 0.25) is 0 Å². The molecular formula is C30H38FN5O3. The maximum Gasteiger partial charge on any atom is 0.320 e. The second-order valence-electron chi connectivity index (χ2n) is 11.7. The van der Waals surface area contributed by atoms with Crippen LogP contribution in [0.3, 0.4) is 0 Å². The van der Waals surface area contributed by atoms with E-state index in [1.165, 1.54) is 6.07 Å². The molecule has 9 heteroatoms. The van der Waals surface area contributed by atoms with Crippen molar-refractivity contribution in [3.05, 3.63) is 47.8 Å². The van der Waals surface area contributed by atoms with Crippen LogP contribution in [0.1, 0.15) is 39.2 Å². The second-order valence-corrected chi connectivity index (χ2v) is 11.7. The Kier molecular flexibility index (Phi) is 7.62. The third-order valence-corrected chi connectivity index (χ3v) is 7.51. The summed E-state index contributed by atoms with van der Waals surface area (Å²) in [6.07, 6.45) is 1.52. The van der Waals surface area contributed by atoms with Gasteiger partial charge in [0.15, 0.2) is 0 Å². The van der Waals surface area contributed by atoms with Crippen LogP contribution in [0, 0.1) is 18.7 Å². The van der Waals surface area contributed by atoms with Gasteiger partial charge in [-0.15, -0.1) is 0 Å². The highest BCUT2D eigenvalue weighted by Crippen LogP contribution is 2.31. The molecule has 2 aliphatic heterocycles. The van der Waals surface area contributed by atoms with E-state index in [2.05, 4.69) is 19.8 Å². The van der Waals surface area contributed by atoms with E-state index in [1.54, 1.807) is 6.07 Å². The smallest absolute Gasteiger partial charge is 0.320 e. The van der Waals surface area contributed by atoms with Crippen LogP contribution in [-0.2, 0) is 14.3 Å². The Labute approximate surface area is 229 Å². The van der Waals surface area contributed by atoms with Gasteiger partial charge in [-0.3, -0.25) is 14.5 Å². The molecular weight excluding hydrogens is 497 g/mol. The van der Waals surface area contributed by atoms with Gasteiger partial charge in [-0.2, -0.15) is 0 Å². The summed E-state index contributed by atoms with van der Waals surface area (Å²) in [6.45, 7) is 11.9. The Morgan fingerprint density at radius 1 is 1.03 bits per heavy atom. The fraction of sp³-hybridized carbons (Fsp3) is 0.500. The minimum Gasteiger partial charge on any atom is -0.459 e. The summed E-state index contributed by atoms with van der Waals surface area (Å²) in [5, 5.41) is 0. The van der Waals surface area contributed by atoms with E-state index in [0.29, 0.717) is 37.6 Å². The van der Waals surface area contributed by atoms with Crippen molar-refractivity contribution in [3.63, 3.8) is 0 Å². The number of piperidine rings is 1. The van der Waals surface area contributed by atoms with Crippen LogP contribution in [0.5, 0.6) is 0 Å². The highest BCUT2D eigenvalue weighted by Gasteiger charge is 2.31. The number of imidazole rings is 1. The number of anilines is 1. The first-order chi connectivity index (χ1) is 18.6. The molecule has 39 heavy (non-hydrogen) atoms. The van der Waals surface area contributed by atoms with Crippen molar-refractivity contribution < 1.29 is 18.7 Å². The van der Waals surface area contributed by atoms with Crippen molar-refractivity contribution in [2.45, 2.75) is 46.1 Å². The van der Waals surface area contributed by atoms with E-state index in [1.807, 2.05) is 56.9 Å². The maximum atomic E-state index is 14.8. The summed E-state index contributed by atoms with van der Waals surface area (Å²) in [5.41, 5.74) is 3.69. The number of hydrogen-bond acceptors (Lipinski definition) is 6. The number of ether oxygens (including phenoxy) is 1. The third kappa shape index (κ3) is 6.41. The van der Waals surface area contributed by atoms with Gasteiger partial charge in [-0.25, -0.2) is 9.37 Å². The Balaban J connectivity index is 1.16. The summed E-state index contributed by atoms with van der Waals surface area (Å²) in [6, 6.07) is 11.1. The Hall–Kier alpha value is -3.46. The standard InChI is InChI=1S/C30H38FN5O3/c1-20-5-8-25-26(17-20)33-28(32-25)23-18-22(6-7-24(23)31)35-11-9-21(10-12-35)29(38)36-15-13-34(14-16-36)19-27(37)39-30(2,3)4/h5-8,17-18,21H,9-16,19H2,1-4H3,(H,32,33). The molecule has 5 rings (SSSR count). The first-order valence-electron chi connectivity index (χ1n) is 13.8. The van der Waals surface area contributed by atoms with Crippen molar-refractivity contribution in [1.82, 2.24) is 19.8 Å². The van der Waals surface area contributed by atoms with Gasteiger partial charge >= 0.3 is 5.97 Å². The number of benzene rings is 2. The lowest BCUT2D eigenvalue weighted by Gasteiger charge is -2.39. The van der Waals surface area contributed by atoms with E-state index in [-0.39, 0.29) is 30.2 Å². The predicted molar refractivity (Wildman–Crippen MR) is 150 cm³/mol. The van der Waals surface area contributed by atoms with Gasteiger partial charge in [0.05, 0.1) is 23.1 Å². The SMILES string of the molecule is Cc1ccc2[nH]c(-c3cc(N4CCC(C(=O)N5CCN(CC(=O)OC(C)(C)C)CC5)CC4)ccc3F)nc2c1. The average Bonchev–Trinajstić information content (AvgIpc) is 3.31. The molecule has 2 aromatic carbocycles. The van der Waals surface area contributed by atoms with Crippen molar-refractivity contribution in [3.8, 4) is 11.4 Å². The highest BCUT2D eigenvalue weighted by atomic mass is 19.1. The zero-order chi connectivity index (χ0) is 27.7. The number of carbonyl (C=O) groups excluding carboxylic acids is 2. The normalized spacial score (nSPS) is 17.6. The van der Waals surface area contributed by atoms with Crippen LogP contribution in [-0.4, -0.2) is 83.1 Å². The number of aromatic amines is 1. The molecule has 1 aromatic heterocycles. The summed E-state index contributed by atoms with van der Waals surface area (Å²) < 4.78 is 20.2. The zero-order valence-corrected chi connectivity index (χ0v) is 23.3. The molecule has 0 saturated carbocycles. The average molecular weight is 536 g/mol. The number of carbonyl (C=O) groups is 2. The molecule has 3 aromatic rings. The zero-order valence-electron chi connectivity index (χ0n) is 23.3. The Morgan fingerprint density at radius 2 is 1.74 bits per heavy atom. The monoisotopic (exact) mass is 535 g/mol. The van der Waals surface area contributed by atoms with Crippen molar-refractivity contribution in [1.29, 1.82) is 0 Å². The number of amides is 1. The van der Waals surface area contributed by atoms with Crippen LogP contribution < -0.4 is 4.90 Å². The topological polar surface area (TPSA) is 81.8 Å². The number of halogens is 1. The lowest BCUT2D eigenvalue weighted by atomic mass is 9.94. The van der Waals surface area contributed by atoms with Crippen LogP contribution in [0.25, 0.3) is 22.4 Å². The molecule has 8 nitrogen and oxygen atoms in total. The molecule has 0 radical (unpaired) electrons. The van der Waals surface area contributed by atoms with Gasteiger partial charge in [0.1, 0.15) is 17.2 Å². The number of rotatable bonds is 5. The van der Waals surface area contributed by atoms with Gasteiger partial charge < -0.3 is 19.5 Å². The van der Waals surface area contributed by atoms with Gasteiger partial charge in [0.25, 0.3) is 0 Å². The number of aryl methyl sites for hydroxylation is 1. The van der Waals surface area contributed by atoms with E-state index >= 15 is 0 Å². The van der Waals surface area contributed by atoms with Gasteiger partial charge in [-0.05, 0) is 76.4 Å². The summed E-state index contributed by atoms with van der Waals surface area (Å²) >= 11 is 0. The molecule has 1 N–H and O–H groups in total. The fourth-order valence-electron chi connectivity index (χ4n) is 5.46. The van der Waals surface area contributed by atoms with Crippen molar-refractivity contribution in [2.75, 3.05) is 50.7 Å². The molecule has 0 spiro atoms. The summed E-state index contributed by atoms with van der Waals surface area (Å²) in [4.78, 5) is 39.4. The van der Waals surface area contributed by atoms with E-state index in [0.717, 1.165) is 48.2 Å². The van der Waals surface area contributed by atoms with Gasteiger partial charge in [0.2, 0.25) is 5.91 Å². The molecule has 0 unspecified atom stereocenters. The minimum atomic E-state index is -0.494. The van der Waals surface area contributed by atoms with Gasteiger partial charge in [-0.1, -0.05) is 6.07 Å². The van der Waals surface area contributed by atoms with Crippen molar-refractivity contribution in [2.24, 2.45) is 5.92 Å². The molecule has 208 valence electrons. The first-order valence-corrected chi connectivity index (χ1v) is 13.8. The predicted octanol–water partition coefficient (Wildman–Crippen LogP) is 4.38. The number of H-pyrrole nitrogens is 1. The molecule has 0 bridgehead atoms. The van der Waals surface area contributed by atoms with E-state index < -0.39 is 5.60 Å². The third-order valence-electron chi connectivity index (χ3n) is 7.51. The van der Waals surface area contributed by atoms with E-state index in [9.17, 15) is 14.0 Å². The van der Waals surface area contributed by atoms with Crippen LogP contribution in [0.4, 0.5) is 10.1 Å². The first kappa shape index (κ1) is 27.1. The molecule has 2 saturated heterocycles. The quantitative estimate of drug-likeness (QED) is 0.489. The van der Waals surface area contributed by atoms with Crippen LogP contribution in [0.15, 0.2) is 36.4 Å². The van der Waals surface area contributed by atoms with Crippen molar-refractivity contribution >= 4 is 28.6 Å². The van der Waals surface area contributed by atoms with E-state index in [4.69, 9.17) is 4.74 Å². The molecule has 0 atom stereocenters. The molecule has 1 amide bonds. The van der Waals surface area contributed by atoms with Crippen LogP contribution >= 0.6 is 0 Å². The second kappa shape index (κ2) is 11.0. The molecule has 3 heterocycles. The number of hydrogen-bond donors (Lipinski definition) is 1. The summed E-state index contributed by atoms with van der Waals surface area (Å²) in [5.74, 6) is 0.159. The number of fused-ring (bicyclic) bond motifs is 1. The highest BCUT2D eigenvalue weighted by molar-refractivity contribution is 5.81. The number of esters is 1. The lowest BCUT2D eigenvalue weighted by molar-refractivity contribution is -0.156. The lowest BCUT2D eigenvalue weighted by Crippen LogP contribution is -2.52. The maximum absolute atomic E-state index is 14.8. The van der Waals surface area contributed by atoms with Gasteiger partial charge in [0, 0.05) is 50.9 Å². The Morgan fingerprint density at radius 3 is 2.44 bits per heavy atom. The number of nitrogens with one attached hydrogen (secondary N) is 1. The fourth-order valence-corrected chi connectivity index (χ4v) is 5.46. The number of piperazine rings is 1. The number of nitrogens with zero attached hydrogens (tertiary/aromatic N) is 4. The molecule has 2 aliphatic rings. The number of aromatic nitrogens is 2. The molecule has 0 aliphatic carbocycles. The summed E-state index contributed by atoms with van der Waals surface area (Å²) in [7, 11) is 0. The largest absolute Gasteiger partial charge is 0.459 e.